The molecule has 1 aromatic carbocycles. The molecule has 0 amide bonds. The van der Waals surface area contributed by atoms with Crippen LogP contribution < -0.4 is 11.2 Å². The normalized spacial score (nSPS) is 15.9. The van der Waals surface area contributed by atoms with E-state index in [1.54, 1.807) is 0 Å². The van der Waals surface area contributed by atoms with Gasteiger partial charge < -0.3 is 4.98 Å². The van der Waals surface area contributed by atoms with Gasteiger partial charge in [0.2, 0.25) is 0 Å². The molecular weight excluding hydrogens is 387 g/mol. The molecule has 0 bridgehead atoms. The Morgan fingerprint density at radius 2 is 2.00 bits per heavy atom. The molecule has 156 valence electrons. The van der Waals surface area contributed by atoms with E-state index in [4.69, 9.17) is 0 Å². The summed E-state index contributed by atoms with van der Waals surface area (Å²) in [6, 6.07) is 2.70. The van der Waals surface area contributed by atoms with Gasteiger partial charge in [-0.25, -0.2) is 13.8 Å². The zero-order valence-electron chi connectivity index (χ0n) is 16.5. The Balaban J connectivity index is 1.77. The average Bonchev–Trinajstić information content (AvgIpc) is 2.75. The van der Waals surface area contributed by atoms with E-state index in [9.17, 15) is 18.8 Å². The van der Waals surface area contributed by atoms with E-state index in [1.165, 1.54) is 30.7 Å². The zero-order chi connectivity index (χ0) is 21.1. The SMILES string of the molecule is O=C(Cc1cnccn1)C(CC1CCCCC1)n1c(=O)[nH]c2ccc(F)cc2c1=O. The number of hydrogen-bond donors (Lipinski definition) is 1. The second kappa shape index (κ2) is 8.69. The van der Waals surface area contributed by atoms with Gasteiger partial charge in [-0.05, 0) is 30.5 Å². The molecule has 0 radical (unpaired) electrons. The molecule has 8 heteroatoms. The zero-order valence-corrected chi connectivity index (χ0v) is 16.5. The Morgan fingerprint density at radius 3 is 2.73 bits per heavy atom. The summed E-state index contributed by atoms with van der Waals surface area (Å²) < 4.78 is 14.7. The third kappa shape index (κ3) is 4.22. The Labute approximate surface area is 172 Å². The number of aromatic nitrogens is 4. The maximum absolute atomic E-state index is 13.7. The van der Waals surface area contributed by atoms with Crippen LogP contribution in [0.25, 0.3) is 10.9 Å². The number of hydrogen-bond acceptors (Lipinski definition) is 5. The first-order chi connectivity index (χ1) is 14.5. The number of rotatable bonds is 6. The van der Waals surface area contributed by atoms with E-state index in [1.807, 2.05) is 0 Å². The number of nitrogens with one attached hydrogen (secondary N) is 1. The van der Waals surface area contributed by atoms with Gasteiger partial charge in [0.1, 0.15) is 11.9 Å². The Bertz CT molecular complexity index is 1170. The van der Waals surface area contributed by atoms with Gasteiger partial charge in [0.15, 0.2) is 5.78 Å². The minimum Gasteiger partial charge on any atom is -0.307 e. The number of H-pyrrole nitrogens is 1. The van der Waals surface area contributed by atoms with E-state index >= 15 is 0 Å². The number of halogens is 1. The number of nitrogens with zero attached hydrogens (tertiary/aromatic N) is 3. The molecule has 1 aliphatic rings. The molecule has 0 spiro atoms. The first-order valence-electron chi connectivity index (χ1n) is 10.2. The summed E-state index contributed by atoms with van der Waals surface area (Å²) in [5.74, 6) is -0.596. The molecule has 1 N–H and O–H groups in total. The van der Waals surface area contributed by atoms with Crippen LogP contribution in [0.2, 0.25) is 0 Å². The van der Waals surface area contributed by atoms with Crippen molar-refractivity contribution in [3.8, 4) is 0 Å². The predicted molar refractivity (Wildman–Crippen MR) is 110 cm³/mol. The first-order valence-corrected chi connectivity index (χ1v) is 10.2. The fourth-order valence-electron chi connectivity index (χ4n) is 4.32. The Kier molecular flexibility index (Phi) is 5.83. The van der Waals surface area contributed by atoms with Crippen molar-refractivity contribution in [1.29, 1.82) is 0 Å². The predicted octanol–water partition coefficient (Wildman–Crippen LogP) is 2.94. The van der Waals surface area contributed by atoms with Crippen LogP contribution in [0.1, 0.15) is 50.3 Å². The van der Waals surface area contributed by atoms with Gasteiger partial charge in [-0.15, -0.1) is 0 Å². The molecule has 0 aliphatic heterocycles. The number of benzene rings is 1. The summed E-state index contributed by atoms with van der Waals surface area (Å²) in [6.07, 6.45) is 10.1. The summed E-state index contributed by atoms with van der Waals surface area (Å²) in [5.41, 5.74) is -0.582. The minimum atomic E-state index is -0.931. The van der Waals surface area contributed by atoms with Crippen molar-refractivity contribution in [2.75, 3.05) is 0 Å². The van der Waals surface area contributed by atoms with E-state index in [-0.39, 0.29) is 29.0 Å². The molecule has 7 nitrogen and oxygen atoms in total. The quantitative estimate of drug-likeness (QED) is 0.674. The molecule has 2 aromatic heterocycles. The molecule has 1 aliphatic carbocycles. The van der Waals surface area contributed by atoms with Crippen molar-refractivity contribution in [3.05, 3.63) is 69.1 Å². The lowest BCUT2D eigenvalue weighted by atomic mass is 9.83. The summed E-state index contributed by atoms with van der Waals surface area (Å²) in [6.45, 7) is 0. The average molecular weight is 410 g/mol. The largest absolute Gasteiger partial charge is 0.329 e. The lowest BCUT2D eigenvalue weighted by molar-refractivity contribution is -0.122. The van der Waals surface area contributed by atoms with E-state index in [0.29, 0.717) is 12.1 Å². The van der Waals surface area contributed by atoms with Gasteiger partial charge in [-0.3, -0.25) is 19.6 Å². The fraction of sp³-hybridized carbons (Fsp3) is 0.409. The van der Waals surface area contributed by atoms with E-state index in [0.717, 1.165) is 42.7 Å². The number of aromatic amines is 1. The highest BCUT2D eigenvalue weighted by Gasteiger charge is 2.29. The highest BCUT2D eigenvalue weighted by atomic mass is 19.1. The van der Waals surface area contributed by atoms with Crippen molar-refractivity contribution in [1.82, 2.24) is 19.5 Å². The maximum Gasteiger partial charge on any atom is 0.329 e. The fourth-order valence-corrected chi connectivity index (χ4v) is 4.32. The van der Waals surface area contributed by atoms with Crippen LogP contribution in [0.3, 0.4) is 0 Å². The van der Waals surface area contributed by atoms with Gasteiger partial charge in [-0.2, -0.15) is 0 Å². The minimum absolute atomic E-state index is 0.0295. The lowest BCUT2D eigenvalue weighted by Gasteiger charge is -2.26. The number of carbonyl (C=O) groups excluding carboxylic acids is 1. The standard InChI is InChI=1S/C22H23FN4O3/c23-15-6-7-18-17(11-15)21(29)27(22(30)26-18)19(10-14-4-2-1-3-5-14)20(28)12-16-13-24-8-9-25-16/h6-9,11,13-14,19H,1-5,10,12H2,(H,26,30). The smallest absolute Gasteiger partial charge is 0.307 e. The van der Waals surface area contributed by atoms with E-state index in [2.05, 4.69) is 15.0 Å². The number of ketones is 1. The third-order valence-electron chi connectivity index (χ3n) is 5.83. The maximum atomic E-state index is 13.7. The van der Waals surface area contributed by atoms with Gasteiger partial charge in [0.25, 0.3) is 5.56 Å². The molecule has 1 unspecified atom stereocenters. The lowest BCUT2D eigenvalue weighted by Crippen LogP contribution is -2.42. The molecule has 3 aromatic rings. The summed E-state index contributed by atoms with van der Waals surface area (Å²) in [7, 11) is 0. The third-order valence-corrected chi connectivity index (χ3v) is 5.83. The summed E-state index contributed by atoms with van der Waals surface area (Å²) in [5, 5.41) is 0.0514. The number of carbonyl (C=O) groups is 1. The summed E-state index contributed by atoms with van der Waals surface area (Å²) >= 11 is 0. The Morgan fingerprint density at radius 1 is 1.20 bits per heavy atom. The van der Waals surface area contributed by atoms with Crippen LogP contribution in [-0.2, 0) is 11.2 Å². The second-order valence-electron chi connectivity index (χ2n) is 7.89. The molecule has 1 atom stereocenters. The second-order valence-corrected chi connectivity index (χ2v) is 7.89. The van der Waals surface area contributed by atoms with Crippen LogP contribution in [0, 0.1) is 11.7 Å². The molecule has 2 heterocycles. The van der Waals surface area contributed by atoms with Gasteiger partial charge >= 0.3 is 5.69 Å². The molecule has 1 saturated carbocycles. The molecular formula is C22H23FN4O3. The van der Waals surface area contributed by atoms with Crippen LogP contribution >= 0.6 is 0 Å². The number of fused-ring (bicyclic) bond motifs is 1. The Hall–Kier alpha value is -3.16. The van der Waals surface area contributed by atoms with Crippen molar-refractivity contribution in [3.63, 3.8) is 0 Å². The molecule has 30 heavy (non-hydrogen) atoms. The highest BCUT2D eigenvalue weighted by molar-refractivity contribution is 5.85. The van der Waals surface area contributed by atoms with Gasteiger partial charge in [-0.1, -0.05) is 32.1 Å². The van der Waals surface area contributed by atoms with Gasteiger partial charge in [0, 0.05) is 18.6 Å². The summed E-state index contributed by atoms with van der Waals surface area (Å²) in [4.78, 5) is 49.9. The molecule has 0 saturated heterocycles. The first kappa shape index (κ1) is 20.1. The van der Waals surface area contributed by atoms with Crippen LogP contribution in [0.5, 0.6) is 0 Å². The van der Waals surface area contributed by atoms with Crippen molar-refractivity contribution in [2.24, 2.45) is 5.92 Å². The molecule has 4 rings (SSSR count). The van der Waals surface area contributed by atoms with Crippen molar-refractivity contribution < 1.29 is 9.18 Å². The number of Topliss-reactive ketones (excluding diaryl/α,β-unsaturated/α-hetero) is 1. The van der Waals surface area contributed by atoms with Crippen molar-refractivity contribution in [2.45, 2.75) is 51.0 Å². The van der Waals surface area contributed by atoms with Crippen LogP contribution in [-0.4, -0.2) is 25.3 Å². The van der Waals surface area contributed by atoms with Crippen molar-refractivity contribution >= 4 is 16.7 Å². The molecule has 1 fully saturated rings. The van der Waals surface area contributed by atoms with E-state index < -0.39 is 23.1 Å². The highest BCUT2D eigenvalue weighted by Crippen LogP contribution is 2.31. The monoisotopic (exact) mass is 410 g/mol. The van der Waals surface area contributed by atoms with Gasteiger partial charge in [0.05, 0.1) is 23.0 Å². The topological polar surface area (TPSA) is 97.7 Å². The van der Waals surface area contributed by atoms with Crippen LogP contribution in [0.15, 0.2) is 46.4 Å². The van der Waals surface area contributed by atoms with Crippen LogP contribution in [0.4, 0.5) is 4.39 Å².